The van der Waals surface area contributed by atoms with Gasteiger partial charge in [0, 0.05) is 26.2 Å². The Morgan fingerprint density at radius 3 is 2.00 bits per heavy atom. The van der Waals surface area contributed by atoms with Crippen molar-refractivity contribution in [3.05, 3.63) is 101 Å². The minimum atomic E-state index is -0.170. The number of urea groups is 1. The maximum atomic E-state index is 13.8. The first-order valence-corrected chi connectivity index (χ1v) is 16.9. The van der Waals surface area contributed by atoms with Crippen LogP contribution in [0.15, 0.2) is 72.8 Å². The lowest BCUT2D eigenvalue weighted by atomic mass is 10.1. The maximum absolute atomic E-state index is 13.8. The number of fused-ring (bicyclic) bond motifs is 1. The molecule has 0 spiro atoms. The standard InChI is InChI=1S/C38H46N6O4/c1-4-5-22-48-37-39-34-27-44(26-31-11-7-6-10-30(31)25-42-20-8-9-21-42)38(45)40-35(34)36(41-37)43(23-28-12-16-32(46-2)17-13-28)24-29-14-18-33(47-3)19-15-29/h6-7,10-19H,4-5,8-9,20-27H2,1-3H3,(H,40,45). The number of rotatable bonds is 15. The van der Waals surface area contributed by atoms with Crippen LogP contribution in [0.4, 0.5) is 16.3 Å². The number of hydrogen-bond donors (Lipinski definition) is 1. The molecule has 1 N–H and O–H groups in total. The minimum Gasteiger partial charge on any atom is -0.497 e. The van der Waals surface area contributed by atoms with Crippen molar-refractivity contribution in [2.45, 2.75) is 65.3 Å². The summed E-state index contributed by atoms with van der Waals surface area (Å²) >= 11 is 0. The Bertz CT molecular complexity index is 1610. The van der Waals surface area contributed by atoms with E-state index >= 15 is 0 Å². The molecule has 0 atom stereocenters. The van der Waals surface area contributed by atoms with E-state index in [9.17, 15) is 4.79 Å². The van der Waals surface area contributed by atoms with Crippen LogP contribution < -0.4 is 24.4 Å². The molecule has 2 aliphatic heterocycles. The number of hydrogen-bond acceptors (Lipinski definition) is 8. The molecule has 2 aliphatic rings. The molecule has 0 bridgehead atoms. The third-order valence-electron chi connectivity index (χ3n) is 8.97. The van der Waals surface area contributed by atoms with Crippen LogP contribution in [0.1, 0.15) is 60.6 Å². The van der Waals surface area contributed by atoms with Crippen LogP contribution in [0, 0.1) is 0 Å². The molecule has 10 nitrogen and oxygen atoms in total. The zero-order chi connectivity index (χ0) is 33.3. The molecule has 10 heteroatoms. The fourth-order valence-corrected chi connectivity index (χ4v) is 6.24. The number of anilines is 2. The number of carbonyl (C=O) groups is 1. The molecule has 2 amide bonds. The number of unbranched alkanes of at least 4 members (excludes halogenated alkanes) is 1. The van der Waals surface area contributed by atoms with E-state index in [1.165, 1.54) is 18.4 Å². The highest BCUT2D eigenvalue weighted by atomic mass is 16.5. The monoisotopic (exact) mass is 650 g/mol. The molecule has 1 saturated heterocycles. The smallest absolute Gasteiger partial charge is 0.322 e. The van der Waals surface area contributed by atoms with Crippen LogP contribution in [-0.4, -0.2) is 59.7 Å². The van der Waals surface area contributed by atoms with Crippen molar-refractivity contribution in [2.24, 2.45) is 0 Å². The molecule has 1 fully saturated rings. The molecular weight excluding hydrogens is 604 g/mol. The number of benzene rings is 3. The second-order valence-corrected chi connectivity index (χ2v) is 12.4. The summed E-state index contributed by atoms with van der Waals surface area (Å²) in [7, 11) is 3.33. The molecule has 4 aromatic rings. The van der Waals surface area contributed by atoms with Crippen molar-refractivity contribution in [3.8, 4) is 17.5 Å². The van der Waals surface area contributed by atoms with E-state index in [0.29, 0.717) is 50.3 Å². The maximum Gasteiger partial charge on any atom is 0.322 e. The summed E-state index contributed by atoms with van der Waals surface area (Å²) < 4.78 is 16.9. The molecule has 0 saturated carbocycles. The minimum absolute atomic E-state index is 0.170. The van der Waals surface area contributed by atoms with E-state index in [4.69, 9.17) is 24.2 Å². The highest BCUT2D eigenvalue weighted by Crippen LogP contribution is 2.36. The van der Waals surface area contributed by atoms with Crippen LogP contribution in [-0.2, 0) is 32.7 Å². The second-order valence-electron chi connectivity index (χ2n) is 12.4. The van der Waals surface area contributed by atoms with Gasteiger partial charge in [0.1, 0.15) is 17.2 Å². The van der Waals surface area contributed by atoms with Crippen molar-refractivity contribution in [1.29, 1.82) is 0 Å². The number of nitrogens with one attached hydrogen (secondary N) is 1. The van der Waals surface area contributed by atoms with Crippen LogP contribution >= 0.6 is 0 Å². The second kappa shape index (κ2) is 15.8. The summed E-state index contributed by atoms with van der Waals surface area (Å²) in [5, 5.41) is 3.19. The van der Waals surface area contributed by atoms with E-state index in [0.717, 1.165) is 66.4 Å². The number of methoxy groups -OCH3 is 2. The van der Waals surface area contributed by atoms with E-state index in [1.54, 1.807) is 14.2 Å². The first-order valence-electron chi connectivity index (χ1n) is 16.9. The van der Waals surface area contributed by atoms with Gasteiger partial charge in [-0.2, -0.15) is 9.97 Å². The van der Waals surface area contributed by atoms with Gasteiger partial charge >= 0.3 is 12.0 Å². The van der Waals surface area contributed by atoms with Crippen LogP contribution in [0.2, 0.25) is 0 Å². The van der Waals surface area contributed by atoms with Crippen molar-refractivity contribution >= 4 is 17.5 Å². The fraction of sp³-hybridized carbons (Fsp3) is 0.395. The third kappa shape index (κ3) is 8.17. The number of ether oxygens (including phenoxy) is 3. The Labute approximate surface area is 283 Å². The molecule has 0 radical (unpaired) electrons. The van der Waals surface area contributed by atoms with E-state index < -0.39 is 0 Å². The topological polar surface area (TPSA) is 92.3 Å². The Balaban J connectivity index is 1.33. The predicted octanol–water partition coefficient (Wildman–Crippen LogP) is 7.02. The SMILES string of the molecule is CCCCOc1nc2c(c(N(Cc3ccc(OC)cc3)Cc3ccc(OC)cc3)n1)NC(=O)N(Cc1ccccc1CN1CCCC1)C2. The molecule has 252 valence electrons. The van der Waals surface area contributed by atoms with Gasteiger partial charge in [-0.15, -0.1) is 0 Å². The zero-order valence-electron chi connectivity index (χ0n) is 28.3. The Morgan fingerprint density at radius 1 is 0.812 bits per heavy atom. The normalized spacial score (nSPS) is 14.4. The summed E-state index contributed by atoms with van der Waals surface area (Å²) in [6.07, 6.45) is 4.38. The lowest BCUT2D eigenvalue weighted by molar-refractivity contribution is 0.201. The van der Waals surface area contributed by atoms with Gasteiger partial charge in [0.05, 0.1) is 33.1 Å². The zero-order valence-corrected chi connectivity index (χ0v) is 28.3. The van der Waals surface area contributed by atoms with Crippen LogP contribution in [0.25, 0.3) is 0 Å². The highest BCUT2D eigenvalue weighted by molar-refractivity contribution is 5.95. The summed E-state index contributed by atoms with van der Waals surface area (Å²) in [6.45, 7) is 7.70. The lowest BCUT2D eigenvalue weighted by Crippen LogP contribution is -2.40. The molecule has 1 aromatic heterocycles. The van der Waals surface area contributed by atoms with Gasteiger partial charge in [-0.25, -0.2) is 4.79 Å². The molecule has 3 aromatic carbocycles. The van der Waals surface area contributed by atoms with Gasteiger partial charge in [0.25, 0.3) is 0 Å². The van der Waals surface area contributed by atoms with Crippen molar-refractivity contribution in [2.75, 3.05) is 44.1 Å². The van der Waals surface area contributed by atoms with Gasteiger partial charge in [-0.3, -0.25) is 4.90 Å². The van der Waals surface area contributed by atoms with Crippen LogP contribution in [0.5, 0.6) is 17.5 Å². The average Bonchev–Trinajstić information content (AvgIpc) is 3.63. The fourth-order valence-electron chi connectivity index (χ4n) is 6.24. The number of nitrogens with zero attached hydrogens (tertiary/aromatic N) is 5. The lowest BCUT2D eigenvalue weighted by Gasteiger charge is -2.33. The van der Waals surface area contributed by atoms with E-state index in [1.807, 2.05) is 53.4 Å². The molecule has 6 rings (SSSR count). The van der Waals surface area contributed by atoms with Gasteiger partial charge in [-0.05, 0) is 78.9 Å². The van der Waals surface area contributed by atoms with Crippen molar-refractivity contribution in [1.82, 2.24) is 19.8 Å². The highest BCUT2D eigenvalue weighted by Gasteiger charge is 2.31. The van der Waals surface area contributed by atoms with E-state index in [-0.39, 0.29) is 6.03 Å². The summed E-state index contributed by atoms with van der Waals surface area (Å²) in [6, 6.07) is 24.6. The molecule has 48 heavy (non-hydrogen) atoms. The van der Waals surface area contributed by atoms with Gasteiger partial charge in [0.2, 0.25) is 0 Å². The molecular formula is C38H46N6O4. The number of carbonyl (C=O) groups excluding carboxylic acids is 1. The largest absolute Gasteiger partial charge is 0.497 e. The Kier molecular flexibility index (Phi) is 10.9. The van der Waals surface area contributed by atoms with Gasteiger partial charge in [-0.1, -0.05) is 61.9 Å². The predicted molar refractivity (Wildman–Crippen MR) is 188 cm³/mol. The van der Waals surface area contributed by atoms with E-state index in [2.05, 4.69) is 46.3 Å². The van der Waals surface area contributed by atoms with Gasteiger partial charge in [0.15, 0.2) is 5.82 Å². The number of likely N-dealkylation sites (tertiary alicyclic amines) is 1. The molecule has 0 unspecified atom stereocenters. The Morgan fingerprint density at radius 2 is 1.42 bits per heavy atom. The first kappa shape index (κ1) is 33.1. The summed E-state index contributed by atoms with van der Waals surface area (Å²) in [5.74, 6) is 2.21. The van der Waals surface area contributed by atoms with Crippen molar-refractivity contribution < 1.29 is 19.0 Å². The summed E-state index contributed by atoms with van der Waals surface area (Å²) in [4.78, 5) is 30.1. The molecule has 3 heterocycles. The van der Waals surface area contributed by atoms with Crippen molar-refractivity contribution in [3.63, 3.8) is 0 Å². The molecule has 0 aliphatic carbocycles. The third-order valence-corrected chi connectivity index (χ3v) is 8.97. The summed E-state index contributed by atoms with van der Waals surface area (Å²) in [5.41, 5.74) is 5.91. The van der Waals surface area contributed by atoms with Gasteiger partial charge < -0.3 is 29.3 Å². The quantitative estimate of drug-likeness (QED) is 0.137. The van der Waals surface area contributed by atoms with Crippen LogP contribution in [0.3, 0.4) is 0 Å². The first-order chi connectivity index (χ1) is 23.5. The number of aromatic nitrogens is 2. The Hall–Kier alpha value is -4.83. The average molecular weight is 651 g/mol. The number of amides is 2.